The van der Waals surface area contributed by atoms with E-state index >= 15 is 0 Å². The minimum absolute atomic E-state index is 0.511. The highest BCUT2D eigenvalue weighted by atomic mass is 16.3. The minimum atomic E-state index is -0.511. The second-order valence-electron chi connectivity index (χ2n) is 20.3. The summed E-state index contributed by atoms with van der Waals surface area (Å²) in [6, 6.07) is 104. The van der Waals surface area contributed by atoms with E-state index in [-0.39, 0.29) is 0 Å². The maximum atomic E-state index is 7.24. The van der Waals surface area contributed by atoms with Gasteiger partial charge in [-0.15, -0.1) is 0 Å². The number of nitrogens with zero attached hydrogens (tertiary/aromatic N) is 3. The number of aromatic nitrogens is 1. The normalized spacial score (nSPS) is 12.8. The molecule has 4 nitrogen and oxygen atoms in total. The van der Waals surface area contributed by atoms with Crippen LogP contribution in [0.3, 0.4) is 0 Å². The van der Waals surface area contributed by atoms with Crippen molar-refractivity contribution in [3.63, 3.8) is 0 Å². The SMILES string of the molecule is c1ccc(N(c2ccccc2)c2cc(-c3cc4c5ccccc5n(-c5ccccc5)c4c4c3oc3ccccc34)cc(N(c3ccccc3)c3cccc4c3-c3ccccc3C43c4ccccc4-c4ccccc43)c2)cc1. The van der Waals surface area contributed by atoms with Crippen molar-refractivity contribution in [2.24, 2.45) is 0 Å². The number of rotatable bonds is 8. The number of hydrogen-bond acceptors (Lipinski definition) is 3. The number of furan rings is 1. The second-order valence-corrected chi connectivity index (χ2v) is 20.3. The van der Waals surface area contributed by atoms with E-state index in [1.54, 1.807) is 0 Å². The summed E-state index contributed by atoms with van der Waals surface area (Å²) in [6.45, 7) is 0. The van der Waals surface area contributed by atoms with Gasteiger partial charge < -0.3 is 18.8 Å². The Kier molecular flexibility index (Phi) is 9.52. The van der Waals surface area contributed by atoms with Gasteiger partial charge in [0.05, 0.1) is 27.5 Å². The number of anilines is 6. The Morgan fingerprint density at radius 2 is 0.831 bits per heavy atom. The van der Waals surface area contributed by atoms with E-state index in [4.69, 9.17) is 4.42 Å². The third-order valence-corrected chi connectivity index (χ3v) is 16.3. The topological polar surface area (TPSA) is 24.6 Å². The molecule has 0 bridgehead atoms. The fourth-order valence-corrected chi connectivity index (χ4v) is 13.3. The van der Waals surface area contributed by atoms with Crippen molar-refractivity contribution < 1.29 is 4.42 Å². The van der Waals surface area contributed by atoms with E-state index in [2.05, 4.69) is 299 Å². The molecule has 4 heteroatoms. The van der Waals surface area contributed by atoms with Crippen molar-refractivity contribution in [3.8, 4) is 39.1 Å². The molecule has 0 saturated heterocycles. The quantitative estimate of drug-likeness (QED) is 0.152. The lowest BCUT2D eigenvalue weighted by Crippen LogP contribution is -2.26. The Bertz CT molecular complexity index is 4550. The van der Waals surface area contributed by atoms with Crippen LogP contribution >= 0.6 is 0 Å². The van der Waals surface area contributed by atoms with Gasteiger partial charge in [0.2, 0.25) is 0 Å². The molecule has 0 saturated carbocycles. The lowest BCUT2D eigenvalue weighted by molar-refractivity contribution is 0.670. The molecule has 2 heterocycles. The van der Waals surface area contributed by atoms with Crippen LogP contribution in [0, 0.1) is 0 Å². The van der Waals surface area contributed by atoms with Crippen LogP contribution < -0.4 is 9.80 Å². The molecule has 12 aromatic carbocycles. The molecule has 16 rings (SSSR count). The van der Waals surface area contributed by atoms with Gasteiger partial charge in [-0.2, -0.15) is 0 Å². The lowest BCUT2D eigenvalue weighted by Gasteiger charge is -2.33. The Morgan fingerprint density at radius 3 is 1.48 bits per heavy atom. The number of para-hydroxylation sites is 6. The molecule has 2 aliphatic carbocycles. The van der Waals surface area contributed by atoms with Crippen LogP contribution in [0.1, 0.15) is 22.3 Å². The van der Waals surface area contributed by atoms with Gasteiger partial charge in [0.25, 0.3) is 0 Å². The van der Waals surface area contributed by atoms with Crippen molar-refractivity contribution in [2.75, 3.05) is 9.80 Å². The Morgan fingerprint density at radius 1 is 0.338 bits per heavy atom. The first-order valence-corrected chi connectivity index (χ1v) is 26.5. The Hall–Kier alpha value is -10.2. The van der Waals surface area contributed by atoms with Gasteiger partial charge in [-0.25, -0.2) is 0 Å². The largest absolute Gasteiger partial charge is 0.455 e. The number of benzene rings is 12. The lowest BCUT2D eigenvalue weighted by atomic mass is 9.70. The van der Waals surface area contributed by atoms with Gasteiger partial charge in [0, 0.05) is 61.4 Å². The zero-order chi connectivity index (χ0) is 50.6. The van der Waals surface area contributed by atoms with Gasteiger partial charge >= 0.3 is 0 Å². The smallest absolute Gasteiger partial charge is 0.145 e. The first-order valence-electron chi connectivity index (χ1n) is 26.5. The van der Waals surface area contributed by atoms with Crippen LogP contribution in [-0.2, 0) is 5.41 Å². The van der Waals surface area contributed by atoms with Gasteiger partial charge in [0.1, 0.15) is 11.2 Å². The fourth-order valence-electron chi connectivity index (χ4n) is 13.3. The summed E-state index contributed by atoms with van der Waals surface area (Å²) in [4.78, 5) is 4.89. The fraction of sp³-hybridized carbons (Fsp3) is 0.0137. The van der Waals surface area contributed by atoms with Crippen LogP contribution in [0.5, 0.6) is 0 Å². The van der Waals surface area contributed by atoms with Crippen molar-refractivity contribution in [3.05, 3.63) is 307 Å². The molecule has 2 aromatic heterocycles. The van der Waals surface area contributed by atoms with Gasteiger partial charge in [0.15, 0.2) is 0 Å². The van der Waals surface area contributed by atoms with E-state index < -0.39 is 5.41 Å². The highest BCUT2D eigenvalue weighted by Gasteiger charge is 2.52. The predicted molar refractivity (Wildman–Crippen MR) is 319 cm³/mol. The molecular weight excluding hydrogens is 935 g/mol. The molecule has 14 aromatic rings. The van der Waals surface area contributed by atoms with E-state index in [1.807, 2.05) is 0 Å². The van der Waals surface area contributed by atoms with Crippen LogP contribution in [-0.4, -0.2) is 4.57 Å². The van der Waals surface area contributed by atoms with E-state index in [1.165, 1.54) is 49.9 Å². The van der Waals surface area contributed by atoms with Crippen molar-refractivity contribution in [1.29, 1.82) is 0 Å². The Balaban J connectivity index is 1.03. The molecule has 0 fully saturated rings. The second kappa shape index (κ2) is 16.9. The monoisotopic (exact) mass is 981 g/mol. The summed E-state index contributed by atoms with van der Waals surface area (Å²) in [6.07, 6.45) is 0. The highest BCUT2D eigenvalue weighted by molar-refractivity contribution is 6.27. The van der Waals surface area contributed by atoms with Gasteiger partial charge in [-0.05, 0) is 136 Å². The molecule has 2 aliphatic rings. The first-order chi connectivity index (χ1) is 38.2. The van der Waals surface area contributed by atoms with E-state index in [9.17, 15) is 0 Å². The van der Waals surface area contributed by atoms with Gasteiger partial charge in [-0.3, -0.25) is 0 Å². The molecule has 0 atom stereocenters. The summed E-state index contributed by atoms with van der Waals surface area (Å²) >= 11 is 0. The molecule has 0 radical (unpaired) electrons. The zero-order valence-electron chi connectivity index (χ0n) is 41.9. The summed E-state index contributed by atoms with van der Waals surface area (Å²) in [5, 5.41) is 4.50. The third-order valence-electron chi connectivity index (χ3n) is 16.3. The predicted octanol–water partition coefficient (Wildman–Crippen LogP) is 19.6. The van der Waals surface area contributed by atoms with Gasteiger partial charge in [-0.1, -0.05) is 194 Å². The van der Waals surface area contributed by atoms with E-state index in [0.717, 1.165) is 89.3 Å². The van der Waals surface area contributed by atoms with Crippen LogP contribution in [0.4, 0.5) is 34.1 Å². The first kappa shape index (κ1) is 43.3. The average Bonchev–Trinajstić information content (AvgIpc) is 3.75. The summed E-state index contributed by atoms with van der Waals surface area (Å²) < 4.78 is 9.66. The molecule has 0 amide bonds. The van der Waals surface area contributed by atoms with Crippen LogP contribution in [0.25, 0.3) is 82.8 Å². The molecule has 0 N–H and O–H groups in total. The summed E-state index contributed by atoms with van der Waals surface area (Å²) in [5.41, 5.74) is 23.1. The minimum Gasteiger partial charge on any atom is -0.455 e. The standard InChI is InChI=1S/C73H47N3O/c1-5-24-49(25-6-1)74(50-26-7-2-8-27-50)53-44-48(60-47-61-57-34-16-21-41-66(57)76(52-30-11-4-12-31-52)71(61)70-59-36-17-22-43-68(59)77-72(60)70)45-54(46-53)75(51-28-9-3-10-29-51)67-42-23-40-65-69(67)58-35-15-20-39-64(58)73(65)62-37-18-13-32-55(62)56-33-14-19-38-63(56)73/h1-47H. The van der Waals surface area contributed by atoms with E-state index in [0.29, 0.717) is 0 Å². The Labute approximate surface area is 446 Å². The van der Waals surface area contributed by atoms with Crippen LogP contribution in [0.15, 0.2) is 290 Å². The summed E-state index contributed by atoms with van der Waals surface area (Å²) in [5.74, 6) is 0. The zero-order valence-corrected chi connectivity index (χ0v) is 41.9. The molecular formula is C73H47N3O. The van der Waals surface area contributed by atoms with Crippen molar-refractivity contribution in [2.45, 2.75) is 5.41 Å². The maximum Gasteiger partial charge on any atom is 0.145 e. The molecule has 1 spiro atoms. The van der Waals surface area contributed by atoms with Crippen molar-refractivity contribution >= 4 is 77.9 Å². The third kappa shape index (κ3) is 6.27. The molecule has 360 valence electrons. The number of fused-ring (bicyclic) bond motifs is 17. The van der Waals surface area contributed by atoms with Crippen LogP contribution in [0.2, 0.25) is 0 Å². The molecule has 0 unspecified atom stereocenters. The molecule has 77 heavy (non-hydrogen) atoms. The molecule has 0 aliphatic heterocycles. The average molecular weight is 982 g/mol. The number of hydrogen-bond donors (Lipinski definition) is 0. The highest BCUT2D eigenvalue weighted by Crippen LogP contribution is 2.65. The maximum absolute atomic E-state index is 7.24. The van der Waals surface area contributed by atoms with Crippen molar-refractivity contribution in [1.82, 2.24) is 4.57 Å². The summed E-state index contributed by atoms with van der Waals surface area (Å²) in [7, 11) is 0.